The molecular weight excluding hydrogens is 424 g/mol. The molecule has 6 rings (SSSR count). The minimum atomic E-state index is -1.26. The van der Waals surface area contributed by atoms with Gasteiger partial charge < -0.3 is 0 Å². The quantitative estimate of drug-likeness (QED) is 0.411. The van der Waals surface area contributed by atoms with Gasteiger partial charge in [-0.05, 0) is 35.4 Å². The van der Waals surface area contributed by atoms with E-state index >= 15 is 0 Å². The normalized spacial score (nSPS) is 23.9. The van der Waals surface area contributed by atoms with E-state index in [1.165, 1.54) is 4.90 Å². The van der Waals surface area contributed by atoms with Gasteiger partial charge in [0.2, 0.25) is 5.91 Å². The van der Waals surface area contributed by atoms with Gasteiger partial charge in [-0.2, -0.15) is 0 Å². The molecule has 0 aliphatic carbocycles. The average molecular weight is 447 g/mol. The third-order valence-corrected chi connectivity index (χ3v) is 6.69. The van der Waals surface area contributed by atoms with Crippen molar-refractivity contribution in [3.8, 4) is 0 Å². The van der Waals surface area contributed by atoms with Crippen molar-refractivity contribution in [1.82, 2.24) is 0 Å². The molecule has 5 heteroatoms. The van der Waals surface area contributed by atoms with E-state index in [1.807, 2.05) is 109 Å². The van der Waals surface area contributed by atoms with Crippen molar-refractivity contribution < 1.29 is 14.4 Å². The third-order valence-electron chi connectivity index (χ3n) is 6.69. The van der Waals surface area contributed by atoms with Gasteiger partial charge in [0.25, 0.3) is 5.91 Å². The Morgan fingerprint density at radius 3 is 1.71 bits per heavy atom. The predicted molar refractivity (Wildman–Crippen MR) is 130 cm³/mol. The van der Waals surface area contributed by atoms with Crippen LogP contribution in [0.5, 0.6) is 0 Å². The van der Waals surface area contributed by atoms with Crippen molar-refractivity contribution in [3.05, 3.63) is 132 Å². The number of imide groups is 1. The maximum Gasteiger partial charge on any atom is 0.267 e. The van der Waals surface area contributed by atoms with Crippen molar-refractivity contribution in [2.75, 3.05) is 9.96 Å². The number of anilines is 2. The minimum absolute atomic E-state index is 0.285. The largest absolute Gasteiger partial charge is 0.273 e. The molecule has 3 atom stereocenters. The Hall–Kier alpha value is -4.22. The maximum absolute atomic E-state index is 14.5. The summed E-state index contributed by atoms with van der Waals surface area (Å²) in [7, 11) is 0. The summed E-state index contributed by atoms with van der Waals surface area (Å²) in [6, 6.07) is 37.5. The van der Waals surface area contributed by atoms with E-state index in [-0.39, 0.29) is 11.8 Å². The van der Waals surface area contributed by atoms with Gasteiger partial charge in [0.1, 0.15) is 11.5 Å². The molecule has 2 heterocycles. The van der Waals surface area contributed by atoms with Gasteiger partial charge in [-0.25, -0.2) is 9.96 Å². The van der Waals surface area contributed by atoms with Gasteiger partial charge >= 0.3 is 0 Å². The van der Waals surface area contributed by atoms with Crippen LogP contribution in [-0.2, 0) is 19.8 Å². The highest BCUT2D eigenvalue weighted by atomic mass is 16.7. The fourth-order valence-corrected chi connectivity index (χ4v) is 5.24. The summed E-state index contributed by atoms with van der Waals surface area (Å²) in [6.07, 6.45) is -1.01. The first-order valence-electron chi connectivity index (χ1n) is 11.3. The van der Waals surface area contributed by atoms with E-state index in [1.54, 1.807) is 17.2 Å². The van der Waals surface area contributed by atoms with Crippen LogP contribution in [0.1, 0.15) is 17.2 Å². The van der Waals surface area contributed by atoms with Crippen LogP contribution < -0.4 is 9.96 Å². The van der Waals surface area contributed by atoms with Crippen molar-refractivity contribution >= 4 is 23.2 Å². The summed E-state index contributed by atoms with van der Waals surface area (Å²) in [6.45, 7) is 0. The second-order valence-corrected chi connectivity index (χ2v) is 8.51. The zero-order valence-corrected chi connectivity index (χ0v) is 18.3. The zero-order valence-electron chi connectivity index (χ0n) is 18.3. The number of benzene rings is 4. The molecule has 0 N–H and O–H groups in total. The zero-order chi connectivity index (χ0) is 23.1. The van der Waals surface area contributed by atoms with Crippen LogP contribution in [0.4, 0.5) is 11.4 Å². The Balaban J connectivity index is 1.62. The van der Waals surface area contributed by atoms with Crippen LogP contribution in [0.2, 0.25) is 0 Å². The van der Waals surface area contributed by atoms with Crippen molar-refractivity contribution in [1.29, 1.82) is 0 Å². The van der Waals surface area contributed by atoms with Gasteiger partial charge in [0.05, 0.1) is 11.4 Å². The number of hydroxylamine groups is 1. The minimum Gasteiger partial charge on any atom is -0.273 e. The molecule has 0 radical (unpaired) electrons. The molecule has 2 saturated heterocycles. The molecule has 0 unspecified atom stereocenters. The standard InChI is InChI=1S/C29H22N2O3/c32-27-26-29(22-15-7-2-8-16-22,28(33)30(27)23-17-9-3-10-18-23)25(21-13-5-1-6-14-21)31(34-26)24-19-11-4-12-20-24/h1-20,25-26H/t25-,26-,29-/m0/s1. The Kier molecular flexibility index (Phi) is 4.78. The summed E-state index contributed by atoms with van der Waals surface area (Å²) in [5.74, 6) is -0.647. The van der Waals surface area contributed by atoms with Gasteiger partial charge in [0, 0.05) is 0 Å². The Morgan fingerprint density at radius 2 is 1.12 bits per heavy atom. The molecular formula is C29H22N2O3. The summed E-state index contributed by atoms with van der Waals surface area (Å²) in [4.78, 5) is 36.1. The second kappa shape index (κ2) is 7.97. The van der Waals surface area contributed by atoms with Crippen molar-refractivity contribution in [3.63, 3.8) is 0 Å². The molecule has 2 amide bonds. The lowest BCUT2D eigenvalue weighted by molar-refractivity contribution is -0.126. The Labute approximate surface area is 197 Å². The fourth-order valence-electron chi connectivity index (χ4n) is 5.24. The number of hydrogen-bond donors (Lipinski definition) is 0. The molecule has 166 valence electrons. The number of amides is 2. The summed E-state index contributed by atoms with van der Waals surface area (Å²) >= 11 is 0. The SMILES string of the molecule is O=C1[C@@H]2ON(c3ccccc3)[C@@H](c3ccccc3)[C@]2(c2ccccc2)C(=O)N1c1ccccc1. The first kappa shape index (κ1) is 20.4. The molecule has 0 spiro atoms. The molecule has 0 bridgehead atoms. The first-order valence-corrected chi connectivity index (χ1v) is 11.3. The van der Waals surface area contributed by atoms with E-state index in [0.717, 1.165) is 16.8 Å². The number of rotatable bonds is 4. The monoisotopic (exact) mass is 446 g/mol. The highest BCUT2D eigenvalue weighted by molar-refractivity contribution is 6.28. The smallest absolute Gasteiger partial charge is 0.267 e. The molecule has 4 aromatic rings. The number of para-hydroxylation sites is 2. The topological polar surface area (TPSA) is 49.9 Å². The molecule has 0 saturated carbocycles. The summed E-state index contributed by atoms with van der Waals surface area (Å²) in [5.41, 5.74) is 1.72. The molecule has 2 fully saturated rings. The van der Waals surface area contributed by atoms with Gasteiger partial charge in [-0.15, -0.1) is 0 Å². The van der Waals surface area contributed by atoms with Crippen LogP contribution in [0, 0.1) is 0 Å². The average Bonchev–Trinajstić information content (AvgIpc) is 3.37. The van der Waals surface area contributed by atoms with Crippen LogP contribution in [0.3, 0.4) is 0 Å². The van der Waals surface area contributed by atoms with Crippen molar-refractivity contribution in [2.45, 2.75) is 17.6 Å². The molecule has 0 aromatic heterocycles. The van der Waals surface area contributed by atoms with E-state index in [0.29, 0.717) is 5.69 Å². The van der Waals surface area contributed by atoms with Crippen LogP contribution in [-0.4, -0.2) is 17.9 Å². The van der Waals surface area contributed by atoms with E-state index in [9.17, 15) is 9.59 Å². The molecule has 4 aromatic carbocycles. The van der Waals surface area contributed by atoms with Crippen molar-refractivity contribution in [2.24, 2.45) is 0 Å². The molecule has 2 aliphatic rings. The summed E-state index contributed by atoms with van der Waals surface area (Å²) in [5, 5.41) is 1.74. The number of carbonyl (C=O) groups excluding carboxylic acids is 2. The molecule has 2 aliphatic heterocycles. The lowest BCUT2D eigenvalue weighted by Gasteiger charge is -2.35. The number of fused-ring (bicyclic) bond motifs is 1. The van der Waals surface area contributed by atoms with E-state index in [2.05, 4.69) is 0 Å². The van der Waals surface area contributed by atoms with E-state index < -0.39 is 17.6 Å². The number of hydrogen-bond acceptors (Lipinski definition) is 4. The van der Waals surface area contributed by atoms with Gasteiger partial charge in [-0.3, -0.25) is 14.4 Å². The van der Waals surface area contributed by atoms with Gasteiger partial charge in [0.15, 0.2) is 6.10 Å². The molecule has 5 nitrogen and oxygen atoms in total. The third kappa shape index (κ3) is 2.84. The maximum atomic E-state index is 14.5. The van der Waals surface area contributed by atoms with Crippen LogP contribution in [0.15, 0.2) is 121 Å². The number of carbonyl (C=O) groups is 2. The Bertz CT molecular complexity index is 1330. The lowest BCUT2D eigenvalue weighted by Crippen LogP contribution is -2.46. The fraction of sp³-hybridized carbons (Fsp3) is 0.103. The Morgan fingerprint density at radius 1 is 0.618 bits per heavy atom. The summed E-state index contributed by atoms with van der Waals surface area (Å²) < 4.78 is 0. The second-order valence-electron chi connectivity index (χ2n) is 8.51. The number of nitrogens with zero attached hydrogens (tertiary/aromatic N) is 2. The van der Waals surface area contributed by atoms with Gasteiger partial charge in [-0.1, -0.05) is 97.1 Å². The molecule has 34 heavy (non-hydrogen) atoms. The highest BCUT2D eigenvalue weighted by Gasteiger charge is 2.72. The first-order chi connectivity index (χ1) is 16.7. The van der Waals surface area contributed by atoms with E-state index in [4.69, 9.17) is 4.84 Å². The lowest BCUT2D eigenvalue weighted by atomic mass is 9.69. The van der Waals surface area contributed by atoms with Crippen LogP contribution >= 0.6 is 0 Å². The van der Waals surface area contributed by atoms with Crippen LogP contribution in [0.25, 0.3) is 0 Å². The predicted octanol–water partition coefficient (Wildman–Crippen LogP) is 5.06. The highest BCUT2D eigenvalue weighted by Crippen LogP contribution is 2.57.